The molecule has 0 aliphatic carbocycles. The van der Waals surface area contributed by atoms with Crippen molar-refractivity contribution in [2.45, 2.75) is 366 Å². The molecule has 0 saturated carbocycles. The first-order valence-electron chi connectivity index (χ1n) is 51.0. The van der Waals surface area contributed by atoms with E-state index in [9.17, 15) is 0 Å². The van der Waals surface area contributed by atoms with Gasteiger partial charge in [-0.05, 0) is 109 Å². The first kappa shape index (κ1) is 147. The van der Waals surface area contributed by atoms with Gasteiger partial charge in [0.15, 0.2) is 33.3 Å². The summed E-state index contributed by atoms with van der Waals surface area (Å²) in [5.74, 6) is 0. The maximum absolute atomic E-state index is 7.04. The van der Waals surface area contributed by atoms with Crippen molar-refractivity contribution >= 4 is 107 Å². The molecule has 0 spiro atoms. The molecule has 0 aliphatic rings. The van der Waals surface area contributed by atoms with E-state index in [0.717, 1.165) is 120 Å². The Kier molecular flexibility index (Phi) is 77.6. The monoisotopic (exact) mass is 2840 g/mol. The van der Waals surface area contributed by atoms with Crippen LogP contribution < -0.4 is 163 Å². The van der Waals surface area contributed by atoms with Crippen molar-refractivity contribution in [1.82, 2.24) is 0 Å². The van der Waals surface area contributed by atoms with Gasteiger partial charge >= 0.3 is 329 Å². The smallest absolute Gasteiger partial charge is 1.00 e. The number of rotatable bonds is 81. The fraction of sp³-hybridized carbons (Fsp3) is 1.00. The molecular formula is C94H230I7N7O8Si13. The molecule has 0 heterocycles. The second kappa shape index (κ2) is 68.1. The van der Waals surface area contributed by atoms with Gasteiger partial charge < -0.3 is 169 Å². The van der Waals surface area contributed by atoms with Crippen LogP contribution in [0.1, 0.15) is 90.4 Å². The molecule has 0 rings (SSSR count). The van der Waals surface area contributed by atoms with Crippen molar-refractivity contribution in [3.63, 3.8) is 0 Å². The second-order valence-electron chi connectivity index (χ2n) is 53.2. The third-order valence-corrected chi connectivity index (χ3v) is 78.1. The van der Waals surface area contributed by atoms with Crippen molar-refractivity contribution in [2.75, 3.05) is 242 Å². The number of hydrogen-bond acceptors (Lipinski definition) is 8. The Hall–Kier alpha value is 7.33. The van der Waals surface area contributed by atoms with Gasteiger partial charge in [0.05, 0.1) is 155 Å². The van der Waals surface area contributed by atoms with E-state index in [-0.39, 0.29) is 163 Å². The fourth-order valence-corrected chi connectivity index (χ4v) is 62.5. The van der Waals surface area contributed by atoms with Crippen LogP contribution in [0.2, 0.25) is 276 Å². The SMILES string of the molecule is CCCO[Si](C)(C)CCC[Si](C)(CCC[Si](CCC[Si](C)(CCC[Si](C)(C)OCC[I-][N+](C)(C)C)CCC[Si](C)(C)OCC[N+](C)(C)C)(CCC[Si](C)(CCC[Si](C)(C)OCC[I-][N+](C)(C)C)CCC[Si](C)(C)OCC[N+](C)(C)C)CCC[Si](C)(CCC[Si](C)(C)OCC[N+](C)(C)C)CCC[Si](C)(C)OCC[N+](C)(C)C)CCC[Si](C)(C)OCC[N+](C)(C)C.[I-].[I-].[I-].[I-].[I-]. The molecule has 15 nitrogen and oxygen atoms in total. The van der Waals surface area contributed by atoms with Crippen LogP contribution in [0.25, 0.3) is 0 Å². The molecule has 0 aromatic heterocycles. The molecule has 0 radical (unpaired) electrons. The summed E-state index contributed by atoms with van der Waals surface area (Å²) in [4.78, 5) is 0. The van der Waals surface area contributed by atoms with Crippen LogP contribution in [-0.2, 0) is 35.4 Å². The van der Waals surface area contributed by atoms with Gasteiger partial charge in [-0.2, -0.15) is 0 Å². The Bertz CT molecular complexity index is 2680. The van der Waals surface area contributed by atoms with Crippen LogP contribution in [0.3, 0.4) is 0 Å². The minimum absolute atomic E-state index is 0. The van der Waals surface area contributed by atoms with Gasteiger partial charge in [0.1, 0.15) is 32.7 Å². The number of alkyl halides is 2. The van der Waals surface area contributed by atoms with Gasteiger partial charge in [-0.1, -0.05) is 107 Å². The van der Waals surface area contributed by atoms with E-state index >= 15 is 0 Å². The van der Waals surface area contributed by atoms with E-state index in [1.54, 1.807) is 24.2 Å². The van der Waals surface area contributed by atoms with Gasteiger partial charge in [-0.25, -0.2) is 0 Å². The summed E-state index contributed by atoms with van der Waals surface area (Å²) in [5, 5.41) is 0. The molecule has 3 unspecified atom stereocenters. The van der Waals surface area contributed by atoms with Crippen LogP contribution in [0.15, 0.2) is 0 Å². The molecule has 0 aromatic rings. The summed E-state index contributed by atoms with van der Waals surface area (Å²) in [6, 6.07) is 34.6. The molecule has 790 valence electrons. The van der Waals surface area contributed by atoms with Crippen molar-refractivity contribution in [2.24, 2.45) is 0 Å². The van der Waals surface area contributed by atoms with Crippen molar-refractivity contribution in [3.8, 4) is 0 Å². The van der Waals surface area contributed by atoms with Gasteiger partial charge in [0.25, 0.3) is 0 Å². The van der Waals surface area contributed by atoms with Gasteiger partial charge in [-0.3, -0.25) is 0 Å². The molecule has 0 N–H and O–H groups in total. The van der Waals surface area contributed by atoms with E-state index in [0.29, 0.717) is 0 Å². The summed E-state index contributed by atoms with van der Waals surface area (Å²) in [6.07, 6.45) is 17.9. The molecule has 0 fully saturated rings. The summed E-state index contributed by atoms with van der Waals surface area (Å²) in [6.45, 7) is 67.7. The normalized spacial score (nSPS) is 15.7. The zero-order chi connectivity index (χ0) is 95.8. The van der Waals surface area contributed by atoms with Crippen molar-refractivity contribution in [1.29, 1.82) is 0 Å². The van der Waals surface area contributed by atoms with Crippen LogP contribution in [0, 0.1) is 0 Å². The molecule has 129 heavy (non-hydrogen) atoms. The first-order valence-corrected chi connectivity index (χ1v) is 96.2. The van der Waals surface area contributed by atoms with Crippen LogP contribution in [0.5, 0.6) is 0 Å². The Morgan fingerprint density at radius 2 is 0.310 bits per heavy atom. The quantitative estimate of drug-likeness (QED) is 0.0229. The number of halogens is 7. The third-order valence-electron chi connectivity index (χ3n) is 27.4. The molecule has 0 saturated heterocycles. The molecule has 3 atom stereocenters. The predicted molar refractivity (Wildman–Crippen MR) is 581 cm³/mol. The van der Waals surface area contributed by atoms with Crippen molar-refractivity contribution in [3.05, 3.63) is 0 Å². The number of nitrogens with zero attached hydrogens (tertiary/aromatic N) is 7. The zero-order valence-electron chi connectivity index (χ0n) is 94.3. The Morgan fingerprint density at radius 3 is 0.442 bits per heavy atom. The number of hydrogen-bond donors (Lipinski definition) is 0. The van der Waals surface area contributed by atoms with Crippen molar-refractivity contribution < 1.29 is 226 Å². The summed E-state index contributed by atoms with van der Waals surface area (Å²) >= 11 is 0.145. The fourth-order valence-electron chi connectivity index (χ4n) is 18.5. The Morgan fingerprint density at radius 1 is 0.178 bits per heavy atom. The zero-order valence-corrected chi connectivity index (χ0v) is 122. The topological polar surface area (TPSA) is 73.8 Å². The standard InChI is InChI=1S/C94H230I2N7O8Si13.5HI/c1-43-63-104-112(23,24)71-44-79-120(39,82-47-74-115(29,30)107-66-58-97(2,3)4)87-52-91-124(94-55-90-123(42,85-50-77-118(35,36)110-69-61-100(11,12)13)86-51-78-119(37,38)111-70-62-101(14,15)16,92-53-88-121(40,83-48-75-116(31,32)108-67-59-98(5,6)7)80-45-72-113(25,26)105-64-56-95-102(17,18)19)93-54-89-122(41,84-49-76-117(33,34)109-68-60-99(8,9)10)81-46-73-114(27,28)106-65-57-96-103(20,21)22;;;;;/h43-94H2,1-42H3;5*1H/q+5;;;;;/p-5. The third kappa shape index (κ3) is 87.0. The molecule has 0 amide bonds. The minimum atomic E-state index is -1.94. The Balaban J connectivity index is -0.00000756. The summed E-state index contributed by atoms with van der Waals surface area (Å²) in [7, 11) is 25.9. The average molecular weight is 2840 g/mol. The van der Waals surface area contributed by atoms with E-state index in [1.165, 1.54) is 207 Å². The first-order chi connectivity index (χ1) is 56.0. The van der Waals surface area contributed by atoms with Crippen LogP contribution in [0.4, 0.5) is 0 Å². The number of quaternary nitrogens is 7. The van der Waals surface area contributed by atoms with E-state index in [4.69, 9.17) is 35.4 Å². The summed E-state index contributed by atoms with van der Waals surface area (Å²) in [5.41, 5.74) is 0. The average Bonchev–Trinajstić information content (AvgIpc) is 0.835. The second-order valence-corrected chi connectivity index (χ2v) is 122. The van der Waals surface area contributed by atoms with E-state index in [1.807, 2.05) is 0 Å². The number of likely N-dealkylation sites (N-methyl/N-ethyl adjacent to an activating group) is 5. The van der Waals surface area contributed by atoms with Gasteiger partial charge in [0.2, 0.25) is 0 Å². The Labute approximate surface area is 930 Å². The van der Waals surface area contributed by atoms with E-state index < -0.39 is 107 Å². The van der Waals surface area contributed by atoms with Gasteiger partial charge in [-0.15, -0.1) is 0 Å². The molecular weight excluding hydrogens is 2610 g/mol. The van der Waals surface area contributed by atoms with Gasteiger partial charge in [0, 0.05) is 6.61 Å². The summed E-state index contributed by atoms with van der Waals surface area (Å²) < 4.78 is 65.4. The molecule has 35 heteroatoms. The molecule has 0 bridgehead atoms. The molecule has 0 aliphatic heterocycles. The van der Waals surface area contributed by atoms with E-state index in [2.05, 4.69) is 286 Å². The minimum Gasteiger partial charge on any atom is -1.00 e. The maximum atomic E-state index is 7.04. The predicted octanol–water partition coefficient (Wildman–Crippen LogP) is 3.59. The van der Waals surface area contributed by atoms with Crippen LogP contribution >= 0.6 is 0 Å². The van der Waals surface area contributed by atoms with Crippen LogP contribution in [-0.4, -0.2) is 377 Å². The molecule has 0 aromatic carbocycles.